The number of nitrogens with one attached hydrogen (secondary N) is 1. The van der Waals surface area contributed by atoms with Crippen molar-refractivity contribution in [2.45, 2.75) is 328 Å². The molecule has 2 unspecified atom stereocenters. The third-order valence-corrected chi connectivity index (χ3v) is 13.5. The normalized spacial score (nSPS) is 12.7. The maximum Gasteiger partial charge on any atom is 0.305 e. The van der Waals surface area contributed by atoms with Crippen LogP contribution in [0.25, 0.3) is 0 Å². The predicted molar refractivity (Wildman–Crippen MR) is 283 cm³/mol. The average Bonchev–Trinajstić information content (AvgIpc) is 3.31. The first-order valence-electron chi connectivity index (χ1n) is 29.1. The Morgan fingerprint density at radius 2 is 0.723 bits per heavy atom. The number of amides is 1. The van der Waals surface area contributed by atoms with Gasteiger partial charge >= 0.3 is 5.97 Å². The van der Waals surface area contributed by atoms with Crippen LogP contribution < -0.4 is 5.32 Å². The molecule has 0 aliphatic heterocycles. The highest BCUT2D eigenvalue weighted by Crippen LogP contribution is 2.17. The number of carbonyl (C=O) groups is 2. The van der Waals surface area contributed by atoms with Gasteiger partial charge in [0.1, 0.15) is 0 Å². The van der Waals surface area contributed by atoms with Crippen molar-refractivity contribution in [3.05, 3.63) is 24.3 Å². The first-order valence-corrected chi connectivity index (χ1v) is 29.1. The van der Waals surface area contributed by atoms with Gasteiger partial charge in [-0.1, -0.05) is 269 Å². The van der Waals surface area contributed by atoms with Gasteiger partial charge in [0, 0.05) is 12.8 Å². The summed E-state index contributed by atoms with van der Waals surface area (Å²) >= 11 is 0. The summed E-state index contributed by atoms with van der Waals surface area (Å²) < 4.78 is 5.46. The van der Waals surface area contributed by atoms with E-state index in [1.54, 1.807) is 6.08 Å². The van der Waals surface area contributed by atoms with E-state index in [-0.39, 0.29) is 18.5 Å². The lowest BCUT2D eigenvalue weighted by Gasteiger charge is -2.19. The zero-order valence-electron chi connectivity index (χ0n) is 43.7. The fraction of sp³-hybridized carbons (Fsp3) is 0.898. The Morgan fingerprint density at radius 3 is 1.11 bits per heavy atom. The Labute approximate surface area is 405 Å². The first kappa shape index (κ1) is 63.3. The second kappa shape index (κ2) is 54.9. The monoisotopic (exact) mass is 916 g/mol. The Kier molecular flexibility index (Phi) is 53.5. The van der Waals surface area contributed by atoms with Gasteiger partial charge in [-0.15, -0.1) is 0 Å². The van der Waals surface area contributed by atoms with E-state index < -0.39 is 12.1 Å². The number of aliphatic hydroxyl groups is 2. The van der Waals surface area contributed by atoms with Gasteiger partial charge in [-0.3, -0.25) is 9.59 Å². The molecule has 0 aromatic carbocycles. The number of esters is 1. The zero-order chi connectivity index (χ0) is 47.2. The van der Waals surface area contributed by atoms with Crippen molar-refractivity contribution < 1.29 is 24.5 Å². The molecule has 0 saturated heterocycles. The molecule has 0 radical (unpaired) electrons. The Morgan fingerprint density at radius 1 is 0.415 bits per heavy atom. The van der Waals surface area contributed by atoms with Crippen molar-refractivity contribution in [2.75, 3.05) is 13.2 Å². The molecule has 0 bridgehead atoms. The number of hydrogen-bond acceptors (Lipinski definition) is 5. The van der Waals surface area contributed by atoms with Gasteiger partial charge in [0.05, 0.1) is 25.4 Å². The highest BCUT2D eigenvalue weighted by Gasteiger charge is 2.18. The minimum absolute atomic E-state index is 0.0113. The van der Waals surface area contributed by atoms with E-state index in [1.165, 1.54) is 218 Å². The quantitative estimate of drug-likeness (QED) is 0.0321. The van der Waals surface area contributed by atoms with Gasteiger partial charge in [0.25, 0.3) is 0 Å². The van der Waals surface area contributed by atoms with Gasteiger partial charge in [-0.05, 0) is 57.8 Å². The van der Waals surface area contributed by atoms with Crippen molar-refractivity contribution in [3.63, 3.8) is 0 Å². The van der Waals surface area contributed by atoms with Crippen molar-refractivity contribution >= 4 is 11.9 Å². The Balaban J connectivity index is 3.52. The van der Waals surface area contributed by atoms with Crippen LogP contribution in [0.15, 0.2) is 24.3 Å². The lowest BCUT2D eigenvalue weighted by molar-refractivity contribution is -0.143. The molecule has 0 fully saturated rings. The maximum atomic E-state index is 12.5. The molecule has 0 heterocycles. The second-order valence-corrected chi connectivity index (χ2v) is 20.0. The van der Waals surface area contributed by atoms with E-state index in [0.29, 0.717) is 19.4 Å². The second-order valence-electron chi connectivity index (χ2n) is 20.0. The van der Waals surface area contributed by atoms with E-state index in [4.69, 9.17) is 4.74 Å². The zero-order valence-corrected chi connectivity index (χ0v) is 43.7. The van der Waals surface area contributed by atoms with Crippen molar-refractivity contribution in [2.24, 2.45) is 0 Å². The smallest absolute Gasteiger partial charge is 0.305 e. The molecule has 65 heavy (non-hydrogen) atoms. The molecule has 0 spiro atoms. The van der Waals surface area contributed by atoms with Crippen LogP contribution in [0.3, 0.4) is 0 Å². The third-order valence-electron chi connectivity index (χ3n) is 13.5. The molecule has 0 aromatic heterocycles. The molecule has 0 aliphatic carbocycles. The van der Waals surface area contributed by atoms with Crippen LogP contribution in [0, 0.1) is 0 Å². The lowest BCUT2D eigenvalue weighted by Crippen LogP contribution is -2.45. The van der Waals surface area contributed by atoms with Crippen LogP contribution in [0.1, 0.15) is 316 Å². The van der Waals surface area contributed by atoms with Crippen molar-refractivity contribution in [1.82, 2.24) is 5.32 Å². The fourth-order valence-corrected chi connectivity index (χ4v) is 8.98. The Bertz CT molecular complexity index is 1010. The summed E-state index contributed by atoms with van der Waals surface area (Å²) in [5, 5.41) is 23.1. The summed E-state index contributed by atoms with van der Waals surface area (Å²) in [4.78, 5) is 24.5. The molecule has 0 aromatic rings. The molecule has 0 rings (SSSR count). The van der Waals surface area contributed by atoms with Gasteiger partial charge < -0.3 is 20.3 Å². The van der Waals surface area contributed by atoms with E-state index in [0.717, 1.165) is 70.6 Å². The van der Waals surface area contributed by atoms with Crippen LogP contribution in [0.5, 0.6) is 0 Å². The molecular formula is C59H113NO5. The predicted octanol–water partition coefficient (Wildman–Crippen LogP) is 17.9. The van der Waals surface area contributed by atoms with Crippen LogP contribution >= 0.6 is 0 Å². The number of rotatable bonds is 54. The van der Waals surface area contributed by atoms with E-state index in [1.807, 2.05) is 6.08 Å². The minimum atomic E-state index is -0.862. The number of carbonyl (C=O) groups excluding carboxylic acids is 2. The summed E-state index contributed by atoms with van der Waals surface area (Å²) in [6.07, 6.45) is 66.3. The van der Waals surface area contributed by atoms with Crippen LogP contribution in [0.4, 0.5) is 0 Å². The minimum Gasteiger partial charge on any atom is -0.466 e. The summed E-state index contributed by atoms with van der Waals surface area (Å²) in [7, 11) is 0. The highest BCUT2D eigenvalue weighted by molar-refractivity contribution is 5.76. The van der Waals surface area contributed by atoms with Crippen LogP contribution in [0.2, 0.25) is 0 Å². The van der Waals surface area contributed by atoms with Gasteiger partial charge in [0.2, 0.25) is 5.91 Å². The molecule has 6 nitrogen and oxygen atoms in total. The number of hydrogen-bond donors (Lipinski definition) is 3. The lowest BCUT2D eigenvalue weighted by atomic mass is 10.0. The molecular weight excluding hydrogens is 803 g/mol. The third kappa shape index (κ3) is 51.6. The molecule has 2 atom stereocenters. The standard InChI is InChI=1S/C59H113NO5/c1-3-5-7-9-11-13-15-17-19-20-21-22-23-24-25-27-31-35-39-43-47-51-57(62)56(55-61)60-58(63)52-48-44-40-36-32-28-26-30-34-38-42-46-50-54-65-59(64)53-49-45-41-37-33-29-18-16-14-12-10-8-6-4-2/h28,32,47,51,56-57,61-62H,3-27,29-31,33-46,48-50,52-55H2,1-2H3,(H,60,63)/b32-28-,51-47+. The van der Waals surface area contributed by atoms with Gasteiger partial charge in [0.15, 0.2) is 0 Å². The summed E-state index contributed by atoms with van der Waals surface area (Å²) in [6.45, 7) is 4.88. The molecule has 0 saturated carbocycles. The highest BCUT2D eigenvalue weighted by atomic mass is 16.5. The maximum absolute atomic E-state index is 12.5. The fourth-order valence-electron chi connectivity index (χ4n) is 8.98. The van der Waals surface area contributed by atoms with E-state index >= 15 is 0 Å². The molecule has 0 aliphatic rings. The molecule has 1 amide bonds. The molecule has 3 N–H and O–H groups in total. The summed E-state index contributed by atoms with van der Waals surface area (Å²) in [5.41, 5.74) is 0. The van der Waals surface area contributed by atoms with Crippen LogP contribution in [-0.4, -0.2) is 47.4 Å². The van der Waals surface area contributed by atoms with Crippen LogP contribution in [-0.2, 0) is 14.3 Å². The van der Waals surface area contributed by atoms with Gasteiger partial charge in [-0.25, -0.2) is 0 Å². The molecule has 6 heteroatoms. The Hall–Kier alpha value is -1.66. The average molecular weight is 917 g/mol. The summed E-state index contributed by atoms with van der Waals surface area (Å²) in [5.74, 6) is -0.106. The number of ether oxygens (including phenoxy) is 1. The summed E-state index contributed by atoms with van der Waals surface area (Å²) in [6, 6.07) is -0.648. The number of allylic oxidation sites excluding steroid dienone is 3. The van der Waals surface area contributed by atoms with E-state index in [2.05, 4.69) is 31.3 Å². The van der Waals surface area contributed by atoms with Crippen molar-refractivity contribution in [3.8, 4) is 0 Å². The number of aliphatic hydroxyl groups excluding tert-OH is 2. The topological polar surface area (TPSA) is 95.9 Å². The van der Waals surface area contributed by atoms with Gasteiger partial charge in [-0.2, -0.15) is 0 Å². The number of unbranched alkanes of at least 4 members (excludes halogenated alkanes) is 41. The first-order chi connectivity index (χ1) is 32.0. The van der Waals surface area contributed by atoms with Crippen molar-refractivity contribution in [1.29, 1.82) is 0 Å². The molecule has 384 valence electrons. The van der Waals surface area contributed by atoms with E-state index in [9.17, 15) is 19.8 Å². The SMILES string of the molecule is CCCCCCCCCCCCCCCCCCCCC/C=C/C(O)C(CO)NC(=O)CCCCC/C=C\CCCCCCCCOC(=O)CCCCCCCCCCCCCCCC. The largest absolute Gasteiger partial charge is 0.466 e.